The third kappa shape index (κ3) is 3.13. The zero-order valence-electron chi connectivity index (χ0n) is 12.3. The second-order valence-corrected chi connectivity index (χ2v) is 6.33. The number of aromatic nitrogens is 2. The second-order valence-electron chi connectivity index (χ2n) is 5.51. The van der Waals surface area contributed by atoms with E-state index in [2.05, 4.69) is 17.3 Å². The highest BCUT2D eigenvalue weighted by atomic mass is 35.5. The van der Waals surface area contributed by atoms with Crippen molar-refractivity contribution in [3.63, 3.8) is 0 Å². The fourth-order valence-electron chi connectivity index (χ4n) is 2.37. The summed E-state index contributed by atoms with van der Waals surface area (Å²) in [5.41, 5.74) is 2.35. The third-order valence-electron chi connectivity index (χ3n) is 3.66. The van der Waals surface area contributed by atoms with Gasteiger partial charge in [-0.05, 0) is 37.5 Å². The summed E-state index contributed by atoms with van der Waals surface area (Å²) in [4.78, 5) is 12.3. The first kappa shape index (κ1) is 15.4. The summed E-state index contributed by atoms with van der Waals surface area (Å²) in [6.07, 6.45) is 5.46. The molecule has 0 radical (unpaired) electrons. The molecule has 3 rings (SSSR count). The molecule has 0 bridgehead atoms. The predicted molar refractivity (Wildman–Crippen MR) is 88.1 cm³/mol. The zero-order chi connectivity index (χ0) is 15.7. The number of hydrogen-bond acceptors (Lipinski definition) is 2. The summed E-state index contributed by atoms with van der Waals surface area (Å²) in [5.74, 6) is -0.0442. The maximum absolute atomic E-state index is 12.3. The number of rotatable bonds is 5. The lowest BCUT2D eigenvalue weighted by Gasteiger charge is -2.10. The van der Waals surface area contributed by atoms with Gasteiger partial charge >= 0.3 is 0 Å². The molecule has 1 aliphatic carbocycles. The minimum absolute atomic E-state index is 0.0442. The van der Waals surface area contributed by atoms with Crippen molar-refractivity contribution in [2.24, 2.45) is 0 Å². The van der Waals surface area contributed by atoms with Crippen LogP contribution in [0.3, 0.4) is 0 Å². The Morgan fingerprint density at radius 1 is 1.36 bits per heavy atom. The minimum Gasteiger partial charge on any atom is -0.349 e. The van der Waals surface area contributed by atoms with Crippen LogP contribution in [-0.4, -0.2) is 21.7 Å². The minimum atomic E-state index is -0.0442. The van der Waals surface area contributed by atoms with Crippen molar-refractivity contribution in [2.45, 2.75) is 38.6 Å². The van der Waals surface area contributed by atoms with Gasteiger partial charge in [-0.3, -0.25) is 4.79 Å². The lowest BCUT2D eigenvalue weighted by atomic mass is 10.1. The Bertz CT molecular complexity index is 707. The molecule has 0 unspecified atom stereocenters. The molecular weight excluding hydrogens is 321 g/mol. The number of benzene rings is 1. The van der Waals surface area contributed by atoms with Crippen molar-refractivity contribution in [2.75, 3.05) is 0 Å². The van der Waals surface area contributed by atoms with Crippen molar-refractivity contribution in [3.05, 3.63) is 45.7 Å². The standard InChI is InChI=1S/C16H17Cl2N3O/c1-2-3-15-12(16(22)20-10-4-5-10)9-19-21(15)11-6-7-13(17)14(18)8-11/h6-10H,2-5H2,1H3,(H,20,22). The van der Waals surface area contributed by atoms with E-state index < -0.39 is 0 Å². The summed E-state index contributed by atoms with van der Waals surface area (Å²) in [7, 11) is 0. The summed E-state index contributed by atoms with van der Waals surface area (Å²) in [5, 5.41) is 8.37. The second kappa shape index (κ2) is 6.31. The van der Waals surface area contributed by atoms with Crippen molar-refractivity contribution in [3.8, 4) is 5.69 Å². The maximum atomic E-state index is 12.3. The van der Waals surface area contributed by atoms with Crippen molar-refractivity contribution < 1.29 is 4.79 Å². The molecule has 1 aliphatic rings. The van der Waals surface area contributed by atoms with Crippen molar-refractivity contribution >= 4 is 29.1 Å². The molecule has 6 heteroatoms. The molecule has 1 fully saturated rings. The van der Waals surface area contributed by atoms with Gasteiger partial charge in [0.15, 0.2) is 0 Å². The molecule has 0 saturated heterocycles. The Balaban J connectivity index is 1.97. The van der Waals surface area contributed by atoms with Gasteiger partial charge in [0.1, 0.15) is 0 Å². The van der Waals surface area contributed by atoms with Gasteiger partial charge in [0.05, 0.1) is 33.2 Å². The van der Waals surface area contributed by atoms with Crippen LogP contribution in [0.4, 0.5) is 0 Å². The van der Waals surface area contributed by atoms with Crippen molar-refractivity contribution in [1.29, 1.82) is 0 Å². The van der Waals surface area contributed by atoms with Crippen LogP contribution in [0.1, 0.15) is 42.2 Å². The first-order valence-corrected chi connectivity index (χ1v) is 8.19. The van der Waals surface area contributed by atoms with E-state index in [-0.39, 0.29) is 5.91 Å². The topological polar surface area (TPSA) is 46.9 Å². The van der Waals surface area contributed by atoms with Gasteiger partial charge in [0.25, 0.3) is 5.91 Å². The highest BCUT2D eigenvalue weighted by Crippen LogP contribution is 2.26. The maximum Gasteiger partial charge on any atom is 0.254 e. The first-order chi connectivity index (χ1) is 10.6. The normalized spacial score (nSPS) is 14.1. The van der Waals surface area contributed by atoms with E-state index in [0.29, 0.717) is 21.7 Å². The van der Waals surface area contributed by atoms with E-state index in [1.165, 1.54) is 0 Å². The highest BCUT2D eigenvalue weighted by molar-refractivity contribution is 6.42. The van der Waals surface area contributed by atoms with E-state index in [0.717, 1.165) is 37.1 Å². The van der Waals surface area contributed by atoms with Crippen LogP contribution in [0, 0.1) is 0 Å². The number of halogens is 2. The van der Waals surface area contributed by atoms with E-state index in [4.69, 9.17) is 23.2 Å². The van der Waals surface area contributed by atoms with Crippen LogP contribution in [0.25, 0.3) is 5.69 Å². The Kier molecular flexibility index (Phi) is 4.41. The van der Waals surface area contributed by atoms with Gasteiger partial charge in [-0.15, -0.1) is 0 Å². The smallest absolute Gasteiger partial charge is 0.254 e. The highest BCUT2D eigenvalue weighted by Gasteiger charge is 2.26. The molecule has 1 aromatic heterocycles. The molecule has 1 aromatic carbocycles. The van der Waals surface area contributed by atoms with E-state index in [1.54, 1.807) is 23.0 Å². The monoisotopic (exact) mass is 337 g/mol. The summed E-state index contributed by atoms with van der Waals surface area (Å²) in [6, 6.07) is 5.68. The van der Waals surface area contributed by atoms with Gasteiger partial charge < -0.3 is 5.32 Å². The number of amides is 1. The van der Waals surface area contributed by atoms with Gasteiger partial charge in [-0.2, -0.15) is 5.10 Å². The van der Waals surface area contributed by atoms with Crippen molar-refractivity contribution in [1.82, 2.24) is 15.1 Å². The van der Waals surface area contributed by atoms with Gasteiger partial charge in [-0.25, -0.2) is 4.68 Å². The fraction of sp³-hybridized carbons (Fsp3) is 0.375. The first-order valence-electron chi connectivity index (χ1n) is 7.43. The molecular formula is C16H17Cl2N3O. The number of carbonyl (C=O) groups excluding carboxylic acids is 1. The number of nitrogens with one attached hydrogen (secondary N) is 1. The Morgan fingerprint density at radius 2 is 2.14 bits per heavy atom. The summed E-state index contributed by atoms with van der Waals surface area (Å²) in [6.45, 7) is 2.08. The van der Waals surface area contributed by atoms with E-state index in [1.807, 2.05) is 6.07 Å². The van der Waals surface area contributed by atoms with Crippen LogP contribution in [0.2, 0.25) is 10.0 Å². The average molecular weight is 338 g/mol. The largest absolute Gasteiger partial charge is 0.349 e. The fourth-order valence-corrected chi connectivity index (χ4v) is 2.66. The lowest BCUT2D eigenvalue weighted by molar-refractivity contribution is 0.0950. The van der Waals surface area contributed by atoms with Crippen LogP contribution in [0.5, 0.6) is 0 Å². The lowest BCUT2D eigenvalue weighted by Crippen LogP contribution is -2.26. The molecule has 116 valence electrons. The Labute approximate surface area is 139 Å². The van der Waals surface area contributed by atoms with Crippen LogP contribution < -0.4 is 5.32 Å². The van der Waals surface area contributed by atoms with E-state index in [9.17, 15) is 4.79 Å². The Morgan fingerprint density at radius 3 is 2.77 bits per heavy atom. The Hall–Kier alpha value is -1.52. The molecule has 4 nitrogen and oxygen atoms in total. The molecule has 1 saturated carbocycles. The number of nitrogens with zero attached hydrogens (tertiary/aromatic N) is 2. The quantitative estimate of drug-likeness (QED) is 0.895. The molecule has 1 amide bonds. The molecule has 1 heterocycles. The van der Waals surface area contributed by atoms with Gasteiger partial charge in [0.2, 0.25) is 0 Å². The van der Waals surface area contributed by atoms with Gasteiger partial charge in [0, 0.05) is 6.04 Å². The predicted octanol–water partition coefficient (Wildman–Crippen LogP) is 4.02. The number of carbonyl (C=O) groups is 1. The SMILES string of the molecule is CCCc1c(C(=O)NC2CC2)cnn1-c1ccc(Cl)c(Cl)c1. The van der Waals surface area contributed by atoms with Crippen LogP contribution in [0.15, 0.2) is 24.4 Å². The molecule has 1 N–H and O–H groups in total. The molecule has 2 aromatic rings. The summed E-state index contributed by atoms with van der Waals surface area (Å²) >= 11 is 12.1. The molecule has 0 spiro atoms. The molecule has 0 atom stereocenters. The average Bonchev–Trinajstić information content (AvgIpc) is 3.20. The number of hydrogen-bond donors (Lipinski definition) is 1. The third-order valence-corrected chi connectivity index (χ3v) is 4.40. The van der Waals surface area contributed by atoms with Crippen LogP contribution >= 0.6 is 23.2 Å². The van der Waals surface area contributed by atoms with E-state index >= 15 is 0 Å². The molecule has 0 aliphatic heterocycles. The van der Waals surface area contributed by atoms with Gasteiger partial charge in [-0.1, -0.05) is 36.5 Å². The summed E-state index contributed by atoms with van der Waals surface area (Å²) < 4.78 is 1.77. The zero-order valence-corrected chi connectivity index (χ0v) is 13.8. The molecule has 22 heavy (non-hydrogen) atoms. The van der Waals surface area contributed by atoms with Crippen LogP contribution in [-0.2, 0) is 6.42 Å².